The van der Waals surface area contributed by atoms with Crippen molar-refractivity contribution < 1.29 is 9.59 Å². The van der Waals surface area contributed by atoms with E-state index >= 15 is 0 Å². The van der Waals surface area contributed by atoms with Crippen LogP contribution in [0.2, 0.25) is 0 Å². The number of hydrogen-bond acceptors (Lipinski definition) is 3. The second-order valence-electron chi connectivity index (χ2n) is 7.03. The number of benzene rings is 2. The van der Waals surface area contributed by atoms with Gasteiger partial charge in [0.15, 0.2) is 0 Å². The molecule has 0 radical (unpaired) electrons. The second-order valence-corrected chi connectivity index (χ2v) is 7.03. The van der Waals surface area contributed by atoms with E-state index in [4.69, 9.17) is 0 Å². The number of carbonyl (C=O) groups excluding carboxylic acids is 2. The zero-order chi connectivity index (χ0) is 19.8. The van der Waals surface area contributed by atoms with Crippen LogP contribution in [-0.2, 0) is 13.1 Å². The molecule has 2 aromatic carbocycles. The van der Waals surface area contributed by atoms with E-state index in [0.717, 1.165) is 23.4 Å². The van der Waals surface area contributed by atoms with Gasteiger partial charge in [-0.25, -0.2) is 4.79 Å². The van der Waals surface area contributed by atoms with Gasteiger partial charge in [-0.05, 0) is 57.3 Å². The van der Waals surface area contributed by atoms with Gasteiger partial charge in [0.25, 0.3) is 5.91 Å². The molecule has 0 aliphatic rings. The first-order valence-corrected chi connectivity index (χ1v) is 9.02. The van der Waals surface area contributed by atoms with Gasteiger partial charge in [0.1, 0.15) is 0 Å². The van der Waals surface area contributed by atoms with Gasteiger partial charge in [-0.15, -0.1) is 0 Å². The predicted octanol–water partition coefficient (Wildman–Crippen LogP) is 3.21. The Labute approximate surface area is 161 Å². The van der Waals surface area contributed by atoms with Crippen LogP contribution in [0, 0.1) is 0 Å². The lowest BCUT2D eigenvalue weighted by atomic mass is 10.1. The van der Waals surface area contributed by atoms with Crippen LogP contribution in [0.4, 0.5) is 10.5 Å². The molecule has 0 aliphatic carbocycles. The van der Waals surface area contributed by atoms with Crippen LogP contribution in [0.5, 0.6) is 0 Å². The molecule has 0 aliphatic heterocycles. The molecule has 0 aromatic heterocycles. The van der Waals surface area contributed by atoms with Crippen molar-refractivity contribution in [1.82, 2.24) is 15.5 Å². The van der Waals surface area contributed by atoms with E-state index in [1.165, 1.54) is 0 Å². The van der Waals surface area contributed by atoms with Crippen molar-refractivity contribution in [3.05, 3.63) is 65.2 Å². The third-order valence-corrected chi connectivity index (χ3v) is 3.84. The van der Waals surface area contributed by atoms with E-state index in [0.29, 0.717) is 12.1 Å². The summed E-state index contributed by atoms with van der Waals surface area (Å²) in [6.07, 6.45) is 0. The summed E-state index contributed by atoms with van der Waals surface area (Å²) in [6, 6.07) is 14.9. The molecule has 0 saturated carbocycles. The summed E-state index contributed by atoms with van der Waals surface area (Å²) in [5, 5.41) is 8.54. The minimum absolute atomic E-state index is 0.0893. The molecule has 6 heteroatoms. The van der Waals surface area contributed by atoms with Gasteiger partial charge in [-0.3, -0.25) is 4.79 Å². The molecule has 0 saturated heterocycles. The first kappa shape index (κ1) is 20.5. The zero-order valence-corrected chi connectivity index (χ0v) is 16.4. The zero-order valence-electron chi connectivity index (χ0n) is 16.4. The van der Waals surface area contributed by atoms with Crippen molar-refractivity contribution in [1.29, 1.82) is 0 Å². The minimum Gasteiger partial charge on any atom is -0.336 e. The smallest absolute Gasteiger partial charge is 0.315 e. The summed E-state index contributed by atoms with van der Waals surface area (Å²) >= 11 is 0. The molecule has 0 unspecified atom stereocenters. The lowest BCUT2D eigenvalue weighted by molar-refractivity contribution is 0.102. The Morgan fingerprint density at radius 3 is 2.30 bits per heavy atom. The molecular formula is C21H28N4O2. The molecule has 6 nitrogen and oxygen atoms in total. The van der Waals surface area contributed by atoms with Crippen LogP contribution in [0.15, 0.2) is 48.5 Å². The molecule has 0 spiro atoms. The Morgan fingerprint density at radius 2 is 1.67 bits per heavy atom. The Bertz CT molecular complexity index is 770. The molecule has 0 fully saturated rings. The second kappa shape index (κ2) is 9.73. The summed E-state index contributed by atoms with van der Waals surface area (Å²) in [7, 11) is 3.99. The fraction of sp³-hybridized carbons (Fsp3) is 0.333. The average molecular weight is 368 g/mol. The van der Waals surface area contributed by atoms with E-state index in [2.05, 4.69) is 20.9 Å². The summed E-state index contributed by atoms with van der Waals surface area (Å²) < 4.78 is 0. The van der Waals surface area contributed by atoms with Gasteiger partial charge >= 0.3 is 6.03 Å². The van der Waals surface area contributed by atoms with E-state index in [1.807, 2.05) is 64.3 Å². The van der Waals surface area contributed by atoms with Crippen LogP contribution in [-0.4, -0.2) is 37.0 Å². The van der Waals surface area contributed by atoms with Crippen molar-refractivity contribution >= 4 is 17.6 Å². The highest BCUT2D eigenvalue weighted by atomic mass is 16.2. The number of para-hydroxylation sites is 1. The highest BCUT2D eigenvalue weighted by Crippen LogP contribution is 2.17. The molecule has 2 rings (SSSR count). The number of amides is 3. The maximum Gasteiger partial charge on any atom is 0.315 e. The van der Waals surface area contributed by atoms with Crippen LogP contribution in [0.3, 0.4) is 0 Å². The van der Waals surface area contributed by atoms with Crippen molar-refractivity contribution in [2.45, 2.75) is 33.0 Å². The standard InChI is InChI=1S/C21H28N4O2/c1-15(2)23-21(27)22-13-16-9-11-17(12-10-16)20(26)24-19-8-6-5-7-18(19)14-25(3)4/h5-12,15H,13-14H2,1-4H3,(H,24,26)(H2,22,23,27). The molecule has 144 valence electrons. The maximum atomic E-state index is 12.5. The fourth-order valence-corrected chi connectivity index (χ4v) is 2.58. The van der Waals surface area contributed by atoms with E-state index < -0.39 is 0 Å². The number of carbonyl (C=O) groups is 2. The number of anilines is 1. The normalized spacial score (nSPS) is 10.7. The van der Waals surface area contributed by atoms with Crippen LogP contribution < -0.4 is 16.0 Å². The number of nitrogens with one attached hydrogen (secondary N) is 3. The van der Waals surface area contributed by atoms with Crippen LogP contribution >= 0.6 is 0 Å². The summed E-state index contributed by atoms with van der Waals surface area (Å²) in [4.78, 5) is 26.2. The molecule has 2 aromatic rings. The van der Waals surface area contributed by atoms with E-state index in [9.17, 15) is 9.59 Å². The lowest BCUT2D eigenvalue weighted by Crippen LogP contribution is -2.39. The predicted molar refractivity (Wildman–Crippen MR) is 109 cm³/mol. The topological polar surface area (TPSA) is 73.5 Å². The van der Waals surface area contributed by atoms with Crippen LogP contribution in [0.25, 0.3) is 0 Å². The van der Waals surface area contributed by atoms with Crippen molar-refractivity contribution in [3.63, 3.8) is 0 Å². The van der Waals surface area contributed by atoms with E-state index in [1.54, 1.807) is 12.1 Å². The quantitative estimate of drug-likeness (QED) is 0.703. The highest BCUT2D eigenvalue weighted by Gasteiger charge is 2.10. The van der Waals surface area contributed by atoms with E-state index in [-0.39, 0.29) is 18.0 Å². The Kier molecular flexibility index (Phi) is 7.37. The molecular weight excluding hydrogens is 340 g/mol. The van der Waals surface area contributed by atoms with Gasteiger partial charge in [-0.1, -0.05) is 30.3 Å². The monoisotopic (exact) mass is 368 g/mol. The summed E-state index contributed by atoms with van der Waals surface area (Å²) in [5.74, 6) is -0.154. The third-order valence-electron chi connectivity index (χ3n) is 3.84. The summed E-state index contributed by atoms with van der Waals surface area (Å²) in [6.45, 7) is 4.97. The molecule has 0 heterocycles. The van der Waals surface area contributed by atoms with Gasteiger partial charge in [0.2, 0.25) is 0 Å². The Morgan fingerprint density at radius 1 is 1.00 bits per heavy atom. The first-order chi connectivity index (χ1) is 12.8. The molecule has 0 atom stereocenters. The number of nitrogens with zero attached hydrogens (tertiary/aromatic N) is 1. The molecule has 27 heavy (non-hydrogen) atoms. The van der Waals surface area contributed by atoms with Gasteiger partial charge in [0, 0.05) is 30.4 Å². The SMILES string of the molecule is CC(C)NC(=O)NCc1ccc(C(=O)Nc2ccccc2CN(C)C)cc1. The largest absolute Gasteiger partial charge is 0.336 e. The van der Waals surface area contributed by atoms with Crippen molar-refractivity contribution in [2.75, 3.05) is 19.4 Å². The van der Waals surface area contributed by atoms with Crippen molar-refractivity contribution in [3.8, 4) is 0 Å². The molecule has 3 amide bonds. The number of urea groups is 1. The highest BCUT2D eigenvalue weighted by molar-refractivity contribution is 6.04. The van der Waals surface area contributed by atoms with Gasteiger partial charge < -0.3 is 20.9 Å². The van der Waals surface area contributed by atoms with Gasteiger partial charge in [-0.2, -0.15) is 0 Å². The fourth-order valence-electron chi connectivity index (χ4n) is 2.58. The first-order valence-electron chi connectivity index (χ1n) is 9.02. The van der Waals surface area contributed by atoms with Crippen molar-refractivity contribution in [2.24, 2.45) is 0 Å². The Hall–Kier alpha value is -2.86. The molecule has 0 bridgehead atoms. The number of hydrogen-bond donors (Lipinski definition) is 3. The minimum atomic E-state index is -0.204. The number of rotatable bonds is 7. The summed E-state index contributed by atoms with van der Waals surface area (Å²) in [5.41, 5.74) is 3.38. The third kappa shape index (κ3) is 6.75. The maximum absolute atomic E-state index is 12.5. The molecule has 3 N–H and O–H groups in total. The van der Waals surface area contributed by atoms with Gasteiger partial charge in [0.05, 0.1) is 0 Å². The Balaban J connectivity index is 1.97. The van der Waals surface area contributed by atoms with Crippen LogP contribution in [0.1, 0.15) is 35.3 Å². The average Bonchev–Trinajstić information content (AvgIpc) is 2.61. The lowest BCUT2D eigenvalue weighted by Gasteiger charge is -2.15.